The normalized spacial score (nSPS) is 11.3. The van der Waals surface area contributed by atoms with E-state index in [4.69, 9.17) is 10.8 Å². The molecule has 0 heterocycles. The molecule has 0 unspecified atom stereocenters. The maximum Gasteiger partial charge on any atom is 0.320 e. The number of aromatic hydroxyl groups is 1. The van der Waals surface area contributed by atoms with Gasteiger partial charge >= 0.3 is 5.97 Å². The lowest BCUT2D eigenvalue weighted by Crippen LogP contribution is -2.34. The number of phenolic OH excluding ortho intramolecular Hbond substituents is 1. The third-order valence-electron chi connectivity index (χ3n) is 2.36. The number of allylic oxidation sites excluding steroid dienone is 1. The molecule has 4 heteroatoms. The minimum Gasteiger partial charge on any atom is -0.508 e. The zero-order chi connectivity index (χ0) is 14.1. The number of hydrogen-bond acceptors (Lipinski definition) is 3. The maximum atomic E-state index is 10.0. The molecule has 100 valence electrons. The molecule has 0 radical (unpaired) electrons. The summed E-state index contributed by atoms with van der Waals surface area (Å²) in [6.45, 7) is 7.14. The maximum absolute atomic E-state index is 10.0. The fourth-order valence-electron chi connectivity index (χ4n) is 1.12. The van der Waals surface area contributed by atoms with Crippen LogP contribution in [0.25, 0.3) is 0 Å². The van der Waals surface area contributed by atoms with Crippen molar-refractivity contribution in [3.05, 3.63) is 42.5 Å². The third kappa shape index (κ3) is 6.06. The van der Waals surface area contributed by atoms with Gasteiger partial charge in [-0.2, -0.15) is 0 Å². The van der Waals surface area contributed by atoms with Crippen LogP contribution in [0.2, 0.25) is 0 Å². The van der Waals surface area contributed by atoms with Crippen molar-refractivity contribution in [3.8, 4) is 5.75 Å². The average Bonchev–Trinajstić information content (AvgIpc) is 2.32. The molecule has 4 N–H and O–H groups in total. The van der Waals surface area contributed by atoms with Crippen LogP contribution in [-0.4, -0.2) is 22.2 Å². The summed E-state index contributed by atoms with van der Waals surface area (Å²) in [6, 6.07) is 6.56. The van der Waals surface area contributed by atoms with Gasteiger partial charge in [0.05, 0.1) is 0 Å². The Hall–Kier alpha value is -1.81. The van der Waals surface area contributed by atoms with Gasteiger partial charge < -0.3 is 15.9 Å². The number of hydrogen-bond donors (Lipinski definition) is 3. The Morgan fingerprint density at radius 3 is 2.33 bits per heavy atom. The molecular weight excluding hydrogens is 230 g/mol. The average molecular weight is 251 g/mol. The molecule has 0 aliphatic heterocycles. The zero-order valence-electron chi connectivity index (χ0n) is 10.8. The van der Waals surface area contributed by atoms with Crippen LogP contribution in [-0.2, 0) is 11.2 Å². The van der Waals surface area contributed by atoms with Crippen LogP contribution in [0.4, 0.5) is 0 Å². The Bertz CT molecular complexity index is 388. The molecule has 1 aromatic rings. The van der Waals surface area contributed by atoms with Gasteiger partial charge in [-0.1, -0.05) is 38.1 Å². The smallest absolute Gasteiger partial charge is 0.320 e. The first-order chi connectivity index (χ1) is 8.40. The van der Waals surface area contributed by atoms with Crippen LogP contribution in [0.15, 0.2) is 36.9 Å². The molecule has 0 aliphatic rings. The van der Waals surface area contributed by atoms with Crippen LogP contribution >= 0.6 is 0 Å². The molecule has 18 heavy (non-hydrogen) atoms. The highest BCUT2D eigenvalue weighted by atomic mass is 16.4. The van der Waals surface area contributed by atoms with E-state index in [1.807, 2.05) is 18.2 Å². The van der Waals surface area contributed by atoms with E-state index in [1.165, 1.54) is 0 Å². The predicted molar refractivity (Wildman–Crippen MR) is 72.5 cm³/mol. The van der Waals surface area contributed by atoms with Crippen molar-refractivity contribution in [1.82, 2.24) is 0 Å². The van der Waals surface area contributed by atoms with Crippen LogP contribution in [0.1, 0.15) is 19.4 Å². The Kier molecular flexibility index (Phi) is 7.47. The Morgan fingerprint density at radius 1 is 1.44 bits per heavy atom. The van der Waals surface area contributed by atoms with E-state index in [9.17, 15) is 9.90 Å². The molecule has 1 rings (SSSR count). The van der Waals surface area contributed by atoms with E-state index in [0.717, 1.165) is 12.0 Å². The molecular formula is C14H21NO3. The molecule has 0 aromatic heterocycles. The summed E-state index contributed by atoms with van der Waals surface area (Å²) in [6.07, 6.45) is 2.50. The molecule has 1 aromatic carbocycles. The number of carboxylic acid groups (broad SMARTS) is 1. The standard InChI is InChI=1S/C9H10O.C5H11NO2/c1-2-5-8-6-3-4-7-9(8)10;1-3(2)4(6)5(7)8/h2-4,6-7,10H,1,5H2;3-4H,6H2,1-2H3,(H,7,8)/t;4-/m.0/s1. The minimum absolute atomic E-state index is 0.0208. The predicted octanol–water partition coefficient (Wildman–Crippen LogP) is 2.17. The lowest BCUT2D eigenvalue weighted by atomic mass is 10.1. The second-order valence-electron chi connectivity index (χ2n) is 4.23. The molecule has 0 bridgehead atoms. The summed E-state index contributed by atoms with van der Waals surface area (Å²) in [5, 5.41) is 17.4. The van der Waals surface area contributed by atoms with Crippen molar-refractivity contribution in [2.75, 3.05) is 0 Å². The van der Waals surface area contributed by atoms with Crippen molar-refractivity contribution >= 4 is 5.97 Å². The largest absolute Gasteiger partial charge is 0.508 e. The number of carbonyl (C=O) groups is 1. The Morgan fingerprint density at radius 2 is 2.00 bits per heavy atom. The van der Waals surface area contributed by atoms with Crippen molar-refractivity contribution in [2.45, 2.75) is 26.3 Å². The van der Waals surface area contributed by atoms with Gasteiger partial charge in [0.25, 0.3) is 0 Å². The SMILES string of the molecule is C=CCc1ccccc1O.CC(C)[C@H](N)C(=O)O. The Labute approximate surface area is 108 Å². The number of benzene rings is 1. The monoisotopic (exact) mass is 251 g/mol. The van der Waals surface area contributed by atoms with Gasteiger partial charge in [-0.15, -0.1) is 6.58 Å². The fraction of sp³-hybridized carbons (Fsp3) is 0.357. The highest BCUT2D eigenvalue weighted by molar-refractivity contribution is 5.73. The number of para-hydroxylation sites is 1. The van der Waals surface area contributed by atoms with Crippen LogP contribution < -0.4 is 5.73 Å². The van der Waals surface area contributed by atoms with Gasteiger partial charge in [0.15, 0.2) is 0 Å². The number of nitrogens with two attached hydrogens (primary N) is 1. The third-order valence-corrected chi connectivity index (χ3v) is 2.36. The molecule has 0 saturated heterocycles. The summed E-state index contributed by atoms with van der Waals surface area (Å²) in [4.78, 5) is 10.0. The summed E-state index contributed by atoms with van der Waals surface area (Å²) >= 11 is 0. The van der Waals surface area contributed by atoms with E-state index < -0.39 is 12.0 Å². The zero-order valence-corrected chi connectivity index (χ0v) is 10.8. The summed E-state index contributed by atoms with van der Waals surface area (Å²) in [7, 11) is 0. The summed E-state index contributed by atoms with van der Waals surface area (Å²) in [5.41, 5.74) is 6.09. The van der Waals surface area contributed by atoms with Crippen molar-refractivity contribution in [3.63, 3.8) is 0 Å². The van der Waals surface area contributed by atoms with Gasteiger partial charge in [0.1, 0.15) is 11.8 Å². The van der Waals surface area contributed by atoms with E-state index >= 15 is 0 Å². The lowest BCUT2D eigenvalue weighted by molar-refractivity contribution is -0.139. The molecule has 0 fully saturated rings. The van der Waals surface area contributed by atoms with E-state index in [-0.39, 0.29) is 5.92 Å². The quantitative estimate of drug-likeness (QED) is 0.716. The lowest BCUT2D eigenvalue weighted by Gasteiger charge is -2.07. The van der Waals surface area contributed by atoms with Crippen molar-refractivity contribution in [2.24, 2.45) is 11.7 Å². The van der Waals surface area contributed by atoms with Gasteiger partial charge in [-0.3, -0.25) is 4.79 Å². The summed E-state index contributed by atoms with van der Waals surface area (Å²) in [5.74, 6) is -0.560. The van der Waals surface area contributed by atoms with E-state index in [2.05, 4.69) is 6.58 Å². The van der Waals surface area contributed by atoms with Crippen molar-refractivity contribution in [1.29, 1.82) is 0 Å². The summed E-state index contributed by atoms with van der Waals surface area (Å²) < 4.78 is 0. The molecule has 0 amide bonds. The van der Waals surface area contributed by atoms with Crippen LogP contribution in [0.3, 0.4) is 0 Å². The van der Waals surface area contributed by atoms with E-state index in [1.54, 1.807) is 26.0 Å². The fourth-order valence-corrected chi connectivity index (χ4v) is 1.12. The highest BCUT2D eigenvalue weighted by Crippen LogP contribution is 2.15. The molecule has 0 aliphatic carbocycles. The molecule has 0 saturated carbocycles. The molecule has 4 nitrogen and oxygen atoms in total. The van der Waals surface area contributed by atoms with Gasteiger partial charge in [-0.25, -0.2) is 0 Å². The number of rotatable bonds is 4. The van der Waals surface area contributed by atoms with Gasteiger partial charge in [0, 0.05) is 0 Å². The number of carboxylic acids is 1. The Balaban J connectivity index is 0.000000331. The topological polar surface area (TPSA) is 83.5 Å². The molecule has 1 atom stereocenters. The highest BCUT2D eigenvalue weighted by Gasteiger charge is 2.14. The minimum atomic E-state index is -0.931. The second kappa shape index (κ2) is 8.31. The van der Waals surface area contributed by atoms with Crippen LogP contribution in [0.5, 0.6) is 5.75 Å². The van der Waals surface area contributed by atoms with Gasteiger partial charge in [0.2, 0.25) is 0 Å². The first-order valence-electron chi connectivity index (χ1n) is 5.76. The first-order valence-corrected chi connectivity index (χ1v) is 5.76. The van der Waals surface area contributed by atoms with E-state index in [0.29, 0.717) is 5.75 Å². The number of aliphatic carboxylic acids is 1. The van der Waals surface area contributed by atoms with Crippen molar-refractivity contribution < 1.29 is 15.0 Å². The second-order valence-corrected chi connectivity index (χ2v) is 4.23. The first kappa shape index (κ1) is 16.2. The van der Waals surface area contributed by atoms with Gasteiger partial charge in [-0.05, 0) is 24.0 Å². The molecule has 0 spiro atoms. The number of phenols is 1. The van der Waals surface area contributed by atoms with Crippen LogP contribution in [0, 0.1) is 5.92 Å².